The molecule has 1 fully saturated rings. The summed E-state index contributed by atoms with van der Waals surface area (Å²) in [5, 5.41) is 3.68. The maximum absolute atomic E-state index is 5.55. The van der Waals surface area contributed by atoms with Gasteiger partial charge in [0.25, 0.3) is 0 Å². The second-order valence-corrected chi connectivity index (χ2v) is 5.76. The lowest BCUT2D eigenvalue weighted by atomic mass is 9.80. The second kappa shape index (κ2) is 6.95. The summed E-state index contributed by atoms with van der Waals surface area (Å²) < 4.78 is 5.55. The Morgan fingerprint density at radius 1 is 1.32 bits per heavy atom. The molecule has 1 aromatic rings. The van der Waals surface area contributed by atoms with Crippen LogP contribution in [0, 0.1) is 6.92 Å². The summed E-state index contributed by atoms with van der Waals surface area (Å²) in [4.78, 5) is 0. The standard InChI is InChI=1S/C17H27NO/c1-4-10-18-15-7-5-6-14(12-15)16-11-13(2)8-9-17(16)19-3/h8-9,11,14-15,18H,4-7,10,12H2,1-3H3. The van der Waals surface area contributed by atoms with Gasteiger partial charge in [-0.25, -0.2) is 0 Å². The fraction of sp³-hybridized carbons (Fsp3) is 0.647. The lowest BCUT2D eigenvalue weighted by Gasteiger charge is -2.31. The molecular formula is C17H27NO. The predicted octanol–water partition coefficient (Wildman–Crippen LogP) is 4.03. The third kappa shape index (κ3) is 3.73. The largest absolute Gasteiger partial charge is 0.496 e. The molecule has 0 saturated heterocycles. The summed E-state index contributed by atoms with van der Waals surface area (Å²) in [5.41, 5.74) is 2.74. The van der Waals surface area contributed by atoms with Crippen LogP contribution in [0.4, 0.5) is 0 Å². The third-order valence-electron chi connectivity index (χ3n) is 4.18. The number of methoxy groups -OCH3 is 1. The molecule has 1 aliphatic rings. The summed E-state index contributed by atoms with van der Waals surface area (Å²) in [5.74, 6) is 1.71. The highest BCUT2D eigenvalue weighted by molar-refractivity contribution is 5.39. The number of rotatable bonds is 5. The quantitative estimate of drug-likeness (QED) is 0.864. The zero-order chi connectivity index (χ0) is 13.7. The molecule has 106 valence electrons. The molecule has 2 rings (SSSR count). The monoisotopic (exact) mass is 261 g/mol. The Labute approximate surface area is 117 Å². The van der Waals surface area contributed by atoms with Crippen LogP contribution in [0.2, 0.25) is 0 Å². The van der Waals surface area contributed by atoms with E-state index in [-0.39, 0.29) is 0 Å². The molecule has 0 bridgehead atoms. The van der Waals surface area contributed by atoms with Crippen LogP contribution in [0.15, 0.2) is 18.2 Å². The molecule has 2 unspecified atom stereocenters. The predicted molar refractivity (Wildman–Crippen MR) is 81.0 cm³/mol. The van der Waals surface area contributed by atoms with E-state index in [1.54, 1.807) is 7.11 Å². The van der Waals surface area contributed by atoms with Crippen molar-refractivity contribution in [3.63, 3.8) is 0 Å². The molecule has 1 aliphatic carbocycles. The van der Waals surface area contributed by atoms with Gasteiger partial charge in [-0.3, -0.25) is 0 Å². The van der Waals surface area contributed by atoms with Crippen LogP contribution < -0.4 is 10.1 Å². The molecule has 2 nitrogen and oxygen atoms in total. The third-order valence-corrected chi connectivity index (χ3v) is 4.18. The van der Waals surface area contributed by atoms with E-state index in [9.17, 15) is 0 Å². The molecule has 1 saturated carbocycles. The molecule has 0 aromatic heterocycles. The molecule has 1 N–H and O–H groups in total. The van der Waals surface area contributed by atoms with E-state index in [0.717, 1.165) is 12.3 Å². The van der Waals surface area contributed by atoms with Crippen molar-refractivity contribution < 1.29 is 4.74 Å². The number of aryl methyl sites for hydroxylation is 1. The van der Waals surface area contributed by atoms with Crippen molar-refractivity contribution in [2.24, 2.45) is 0 Å². The van der Waals surface area contributed by atoms with Crippen molar-refractivity contribution in [2.75, 3.05) is 13.7 Å². The molecule has 0 amide bonds. The van der Waals surface area contributed by atoms with E-state index in [2.05, 4.69) is 37.4 Å². The fourth-order valence-electron chi connectivity index (χ4n) is 3.18. The highest BCUT2D eigenvalue weighted by Crippen LogP contribution is 2.38. The normalized spacial score (nSPS) is 23.3. The van der Waals surface area contributed by atoms with E-state index < -0.39 is 0 Å². The molecule has 19 heavy (non-hydrogen) atoms. The molecule has 0 heterocycles. The maximum atomic E-state index is 5.55. The topological polar surface area (TPSA) is 21.3 Å². The van der Waals surface area contributed by atoms with Gasteiger partial charge < -0.3 is 10.1 Å². The van der Waals surface area contributed by atoms with Crippen LogP contribution in [0.25, 0.3) is 0 Å². The summed E-state index contributed by atoms with van der Waals surface area (Å²) in [6, 6.07) is 7.25. The number of hydrogen-bond donors (Lipinski definition) is 1. The first kappa shape index (κ1) is 14.4. The Kier molecular flexibility index (Phi) is 5.26. The fourth-order valence-corrected chi connectivity index (χ4v) is 3.18. The minimum Gasteiger partial charge on any atom is -0.496 e. The molecular weight excluding hydrogens is 234 g/mol. The smallest absolute Gasteiger partial charge is 0.122 e. The summed E-state index contributed by atoms with van der Waals surface area (Å²) in [6.45, 7) is 5.54. The highest BCUT2D eigenvalue weighted by Gasteiger charge is 2.24. The Hall–Kier alpha value is -1.02. The van der Waals surface area contributed by atoms with Gasteiger partial charge in [-0.05, 0) is 56.7 Å². The Morgan fingerprint density at radius 3 is 2.89 bits per heavy atom. The zero-order valence-electron chi connectivity index (χ0n) is 12.5. The van der Waals surface area contributed by atoms with Gasteiger partial charge in [-0.1, -0.05) is 31.0 Å². The average molecular weight is 261 g/mol. The Bertz CT molecular complexity index is 402. The van der Waals surface area contributed by atoms with Crippen LogP contribution in [0.1, 0.15) is 56.1 Å². The average Bonchev–Trinajstić information content (AvgIpc) is 2.45. The molecule has 0 radical (unpaired) electrons. The number of benzene rings is 1. The SMILES string of the molecule is CCCNC1CCCC(c2cc(C)ccc2OC)C1. The zero-order valence-corrected chi connectivity index (χ0v) is 12.5. The first-order valence-corrected chi connectivity index (χ1v) is 7.62. The lowest BCUT2D eigenvalue weighted by molar-refractivity contribution is 0.330. The molecule has 0 aliphatic heterocycles. The van der Waals surface area contributed by atoms with Crippen LogP contribution in [-0.4, -0.2) is 19.7 Å². The number of ether oxygens (including phenoxy) is 1. The first-order chi connectivity index (χ1) is 9.24. The van der Waals surface area contributed by atoms with Crippen molar-refractivity contribution in [1.29, 1.82) is 0 Å². The van der Waals surface area contributed by atoms with Crippen LogP contribution in [-0.2, 0) is 0 Å². The minimum absolute atomic E-state index is 0.651. The van der Waals surface area contributed by atoms with Gasteiger partial charge in [0.15, 0.2) is 0 Å². The molecule has 0 spiro atoms. The summed E-state index contributed by atoms with van der Waals surface area (Å²) >= 11 is 0. The second-order valence-electron chi connectivity index (χ2n) is 5.76. The van der Waals surface area contributed by atoms with Gasteiger partial charge in [-0.2, -0.15) is 0 Å². The van der Waals surface area contributed by atoms with E-state index in [0.29, 0.717) is 12.0 Å². The maximum Gasteiger partial charge on any atom is 0.122 e. The number of nitrogens with one attached hydrogen (secondary N) is 1. The van der Waals surface area contributed by atoms with E-state index >= 15 is 0 Å². The highest BCUT2D eigenvalue weighted by atomic mass is 16.5. The van der Waals surface area contributed by atoms with E-state index in [4.69, 9.17) is 4.74 Å². The van der Waals surface area contributed by atoms with E-state index in [1.165, 1.54) is 43.2 Å². The van der Waals surface area contributed by atoms with Gasteiger partial charge in [0, 0.05) is 6.04 Å². The van der Waals surface area contributed by atoms with Crippen molar-refractivity contribution in [2.45, 2.75) is 57.9 Å². The van der Waals surface area contributed by atoms with Crippen LogP contribution in [0.3, 0.4) is 0 Å². The van der Waals surface area contributed by atoms with Gasteiger partial charge in [0.1, 0.15) is 5.75 Å². The van der Waals surface area contributed by atoms with Crippen molar-refractivity contribution in [3.8, 4) is 5.75 Å². The van der Waals surface area contributed by atoms with Crippen molar-refractivity contribution in [1.82, 2.24) is 5.32 Å². The van der Waals surface area contributed by atoms with Gasteiger partial charge in [0.05, 0.1) is 7.11 Å². The Morgan fingerprint density at radius 2 is 2.16 bits per heavy atom. The number of hydrogen-bond acceptors (Lipinski definition) is 2. The molecule has 2 atom stereocenters. The van der Waals surface area contributed by atoms with Crippen molar-refractivity contribution >= 4 is 0 Å². The van der Waals surface area contributed by atoms with Gasteiger partial charge in [-0.15, -0.1) is 0 Å². The summed E-state index contributed by atoms with van der Waals surface area (Å²) in [7, 11) is 1.78. The lowest BCUT2D eigenvalue weighted by Crippen LogP contribution is -2.34. The van der Waals surface area contributed by atoms with Crippen LogP contribution >= 0.6 is 0 Å². The molecule has 1 aromatic carbocycles. The van der Waals surface area contributed by atoms with Gasteiger partial charge in [0.2, 0.25) is 0 Å². The van der Waals surface area contributed by atoms with Crippen molar-refractivity contribution in [3.05, 3.63) is 29.3 Å². The molecule has 2 heteroatoms. The summed E-state index contributed by atoms with van der Waals surface area (Å²) in [6.07, 6.45) is 6.41. The first-order valence-electron chi connectivity index (χ1n) is 7.62. The Balaban J connectivity index is 2.10. The van der Waals surface area contributed by atoms with E-state index in [1.807, 2.05) is 0 Å². The minimum atomic E-state index is 0.651. The van der Waals surface area contributed by atoms with Crippen LogP contribution in [0.5, 0.6) is 5.75 Å². The van der Waals surface area contributed by atoms with Gasteiger partial charge >= 0.3 is 0 Å².